The number of nitrogens with two attached hydrogens (primary N) is 1. The molecular weight excluding hydrogens is 202 g/mol. The van der Waals surface area contributed by atoms with E-state index in [0.29, 0.717) is 12.2 Å². The van der Waals surface area contributed by atoms with Crippen LogP contribution in [-0.4, -0.2) is 25.4 Å². The Morgan fingerprint density at radius 3 is 2.38 bits per heavy atom. The Kier molecular flexibility index (Phi) is 3.17. The zero-order chi connectivity index (χ0) is 10.3. The molecule has 2 aliphatic heterocycles. The summed E-state index contributed by atoms with van der Waals surface area (Å²) in [6, 6.07) is 6.13. The van der Waals surface area contributed by atoms with Crippen LogP contribution in [0.3, 0.4) is 0 Å². The highest BCUT2D eigenvalue weighted by Gasteiger charge is 2.28. The van der Waals surface area contributed by atoms with Crippen LogP contribution in [0.25, 0.3) is 0 Å². The summed E-state index contributed by atoms with van der Waals surface area (Å²) < 4.78 is 10.5. The molecule has 0 amide bonds. The number of hydrogen-bond acceptors (Lipinski definition) is 3. The summed E-state index contributed by atoms with van der Waals surface area (Å²) in [4.78, 5) is 0. The second-order valence-electron chi connectivity index (χ2n) is 4.30. The van der Waals surface area contributed by atoms with E-state index in [-0.39, 0.29) is 7.43 Å². The van der Waals surface area contributed by atoms with Crippen LogP contribution in [-0.2, 0) is 22.3 Å². The lowest BCUT2D eigenvalue weighted by atomic mass is 9.97. The number of epoxide rings is 2. The van der Waals surface area contributed by atoms with Gasteiger partial charge in [-0.25, -0.2) is 0 Å². The molecule has 2 fully saturated rings. The van der Waals surface area contributed by atoms with E-state index in [1.54, 1.807) is 0 Å². The third-order valence-electron chi connectivity index (χ3n) is 2.99. The summed E-state index contributed by atoms with van der Waals surface area (Å²) in [5.74, 6) is 0. The van der Waals surface area contributed by atoms with Gasteiger partial charge < -0.3 is 15.2 Å². The van der Waals surface area contributed by atoms with Crippen molar-refractivity contribution in [2.45, 2.75) is 32.5 Å². The standard InChI is InChI=1S/C12H15NO2.CH4/c13-12-3-1-2-8(4-9-6-14-9)11(12)5-10-7-15-10;/h1-3,9-10H,4-7,13H2;1H4. The Bertz CT molecular complexity index is 370. The maximum absolute atomic E-state index is 6.00. The second-order valence-corrected chi connectivity index (χ2v) is 4.30. The van der Waals surface area contributed by atoms with Gasteiger partial charge in [0.05, 0.1) is 25.4 Å². The fraction of sp³-hybridized carbons (Fsp3) is 0.538. The van der Waals surface area contributed by atoms with Gasteiger partial charge in [0.2, 0.25) is 0 Å². The number of ether oxygens (including phenoxy) is 2. The average Bonchev–Trinajstić information content (AvgIpc) is 3.06. The number of rotatable bonds is 4. The maximum Gasteiger partial charge on any atom is 0.0851 e. The van der Waals surface area contributed by atoms with E-state index in [2.05, 4.69) is 6.07 Å². The van der Waals surface area contributed by atoms with Crippen LogP contribution < -0.4 is 5.73 Å². The minimum Gasteiger partial charge on any atom is -0.398 e. The zero-order valence-electron chi connectivity index (χ0n) is 8.61. The van der Waals surface area contributed by atoms with Gasteiger partial charge in [-0.1, -0.05) is 19.6 Å². The Labute approximate surface area is 96.5 Å². The fourth-order valence-electron chi connectivity index (χ4n) is 1.94. The van der Waals surface area contributed by atoms with Crippen molar-refractivity contribution in [3.63, 3.8) is 0 Å². The van der Waals surface area contributed by atoms with Gasteiger partial charge in [0.1, 0.15) is 0 Å². The van der Waals surface area contributed by atoms with Crippen molar-refractivity contribution in [3.05, 3.63) is 29.3 Å². The molecule has 2 saturated heterocycles. The van der Waals surface area contributed by atoms with Crippen molar-refractivity contribution in [3.8, 4) is 0 Å². The SMILES string of the molecule is C.Nc1cccc(CC2CO2)c1CC1CO1. The molecule has 2 heterocycles. The predicted octanol–water partition coefficient (Wildman–Crippen LogP) is 1.79. The topological polar surface area (TPSA) is 51.1 Å². The molecule has 3 nitrogen and oxygen atoms in total. The molecule has 3 heteroatoms. The zero-order valence-corrected chi connectivity index (χ0v) is 8.61. The van der Waals surface area contributed by atoms with Crippen molar-refractivity contribution in [2.24, 2.45) is 0 Å². The van der Waals surface area contributed by atoms with E-state index >= 15 is 0 Å². The molecule has 2 aliphatic rings. The highest BCUT2D eigenvalue weighted by molar-refractivity contribution is 5.51. The summed E-state index contributed by atoms with van der Waals surface area (Å²) in [6.45, 7) is 1.78. The van der Waals surface area contributed by atoms with E-state index in [1.165, 1.54) is 11.1 Å². The largest absolute Gasteiger partial charge is 0.398 e. The van der Waals surface area contributed by atoms with Crippen LogP contribution in [0.4, 0.5) is 5.69 Å². The third-order valence-corrected chi connectivity index (χ3v) is 2.99. The van der Waals surface area contributed by atoms with Crippen molar-refractivity contribution in [2.75, 3.05) is 18.9 Å². The second kappa shape index (κ2) is 4.44. The molecule has 0 radical (unpaired) electrons. The molecule has 1 aromatic rings. The van der Waals surface area contributed by atoms with Crippen molar-refractivity contribution in [1.29, 1.82) is 0 Å². The summed E-state index contributed by atoms with van der Waals surface area (Å²) in [6.07, 6.45) is 2.76. The first kappa shape index (κ1) is 11.4. The van der Waals surface area contributed by atoms with Crippen LogP contribution in [0.2, 0.25) is 0 Å². The van der Waals surface area contributed by atoms with Crippen molar-refractivity contribution in [1.82, 2.24) is 0 Å². The van der Waals surface area contributed by atoms with E-state index in [1.807, 2.05) is 12.1 Å². The first-order valence-electron chi connectivity index (χ1n) is 5.42. The van der Waals surface area contributed by atoms with E-state index in [4.69, 9.17) is 15.2 Å². The highest BCUT2D eigenvalue weighted by atomic mass is 16.6. The highest BCUT2D eigenvalue weighted by Crippen LogP contribution is 2.27. The summed E-state index contributed by atoms with van der Waals surface area (Å²) in [7, 11) is 0. The molecule has 0 saturated carbocycles. The molecule has 0 spiro atoms. The molecule has 2 unspecified atom stereocenters. The number of nitrogen functional groups attached to an aromatic ring is 1. The van der Waals surface area contributed by atoms with Gasteiger partial charge in [-0.15, -0.1) is 0 Å². The van der Waals surface area contributed by atoms with Crippen LogP contribution >= 0.6 is 0 Å². The lowest BCUT2D eigenvalue weighted by Crippen LogP contribution is -2.06. The number of benzene rings is 1. The number of anilines is 1. The minimum atomic E-state index is 0. The van der Waals surface area contributed by atoms with Gasteiger partial charge in [-0.2, -0.15) is 0 Å². The van der Waals surface area contributed by atoms with Crippen molar-refractivity contribution >= 4 is 5.69 Å². The summed E-state index contributed by atoms with van der Waals surface area (Å²) in [5.41, 5.74) is 9.48. The Balaban J connectivity index is 0.000000963. The summed E-state index contributed by atoms with van der Waals surface area (Å²) in [5, 5.41) is 0. The molecular formula is C13H19NO2. The fourth-order valence-corrected chi connectivity index (χ4v) is 1.94. The van der Waals surface area contributed by atoms with E-state index in [0.717, 1.165) is 31.7 Å². The molecule has 3 rings (SSSR count). The summed E-state index contributed by atoms with van der Waals surface area (Å²) >= 11 is 0. The van der Waals surface area contributed by atoms with E-state index in [9.17, 15) is 0 Å². The van der Waals surface area contributed by atoms with E-state index < -0.39 is 0 Å². The Morgan fingerprint density at radius 1 is 1.12 bits per heavy atom. The minimum absolute atomic E-state index is 0. The predicted molar refractivity (Wildman–Crippen MR) is 64.5 cm³/mol. The molecule has 0 aromatic heterocycles. The van der Waals surface area contributed by atoms with Gasteiger partial charge in [0.15, 0.2) is 0 Å². The average molecular weight is 221 g/mol. The molecule has 16 heavy (non-hydrogen) atoms. The van der Waals surface area contributed by atoms with Crippen LogP contribution in [0.5, 0.6) is 0 Å². The smallest absolute Gasteiger partial charge is 0.0851 e. The maximum atomic E-state index is 6.00. The molecule has 1 aromatic carbocycles. The normalized spacial score (nSPS) is 26.0. The Hall–Kier alpha value is -1.06. The lowest BCUT2D eigenvalue weighted by Gasteiger charge is -2.10. The van der Waals surface area contributed by atoms with Gasteiger partial charge in [0, 0.05) is 18.5 Å². The molecule has 2 atom stereocenters. The first-order chi connectivity index (χ1) is 7.33. The van der Waals surface area contributed by atoms with Crippen LogP contribution in [0, 0.1) is 0 Å². The van der Waals surface area contributed by atoms with Crippen LogP contribution in [0.15, 0.2) is 18.2 Å². The van der Waals surface area contributed by atoms with Gasteiger partial charge >= 0.3 is 0 Å². The van der Waals surface area contributed by atoms with Crippen molar-refractivity contribution < 1.29 is 9.47 Å². The third kappa shape index (κ3) is 2.54. The van der Waals surface area contributed by atoms with Crippen LogP contribution in [0.1, 0.15) is 18.6 Å². The number of hydrogen-bond donors (Lipinski definition) is 1. The monoisotopic (exact) mass is 221 g/mol. The quantitative estimate of drug-likeness (QED) is 0.623. The van der Waals surface area contributed by atoms with Gasteiger partial charge in [-0.05, 0) is 17.2 Å². The Morgan fingerprint density at radius 2 is 1.75 bits per heavy atom. The van der Waals surface area contributed by atoms with Gasteiger partial charge in [0.25, 0.3) is 0 Å². The van der Waals surface area contributed by atoms with Gasteiger partial charge in [-0.3, -0.25) is 0 Å². The molecule has 88 valence electrons. The molecule has 0 aliphatic carbocycles. The first-order valence-corrected chi connectivity index (χ1v) is 5.42. The lowest BCUT2D eigenvalue weighted by molar-refractivity contribution is 0.402. The molecule has 2 N–H and O–H groups in total. The molecule has 0 bridgehead atoms.